The van der Waals surface area contributed by atoms with Crippen LogP contribution in [0, 0.1) is 20.2 Å². The third-order valence-electron chi connectivity index (χ3n) is 7.32. The van der Waals surface area contributed by atoms with Crippen molar-refractivity contribution in [2.24, 2.45) is 5.73 Å². The number of hydrogen-bond acceptors (Lipinski definition) is 22. The normalized spacial score (nSPS) is 10.5. The molecule has 61 heavy (non-hydrogen) atoms. The number of alkyl carbamates (subject to hydrolysis) is 1. The molecular formula is C35H61FN12O13. The molecular weight excluding hydrogens is 815 g/mol. The number of esters is 2. The molecule has 0 saturated carbocycles. The lowest BCUT2D eigenvalue weighted by Gasteiger charge is -2.23. The highest BCUT2D eigenvalue weighted by atomic mass is 19.3. The Kier molecular flexibility index (Phi) is 26.9. The minimum absolute atomic E-state index is 0.0712. The van der Waals surface area contributed by atoms with E-state index in [1.165, 1.54) is 9.80 Å². The van der Waals surface area contributed by atoms with E-state index in [1.54, 1.807) is 34.6 Å². The number of anilines is 4. The van der Waals surface area contributed by atoms with E-state index in [4.69, 9.17) is 50.7 Å². The lowest BCUT2D eigenvalue weighted by Crippen LogP contribution is -2.37. The lowest BCUT2D eigenvalue weighted by molar-refractivity contribution is -0.383. The van der Waals surface area contributed by atoms with E-state index in [2.05, 4.69) is 25.3 Å². The van der Waals surface area contributed by atoms with Gasteiger partial charge in [-0.3, -0.25) is 29.8 Å². The van der Waals surface area contributed by atoms with Crippen molar-refractivity contribution < 1.29 is 57.8 Å². The fraction of sp³-hybridized carbons (Fsp3) is 0.686. The fourth-order valence-electron chi connectivity index (χ4n) is 4.72. The molecule has 2 rings (SSSR count). The Hall–Kier alpha value is -6.18. The number of amides is 1. The molecule has 0 bridgehead atoms. The van der Waals surface area contributed by atoms with Crippen LogP contribution in [-0.4, -0.2) is 124 Å². The van der Waals surface area contributed by atoms with Gasteiger partial charge in [-0.15, -0.1) is 0 Å². The average molecular weight is 877 g/mol. The summed E-state index contributed by atoms with van der Waals surface area (Å²) in [4.78, 5) is 76.3. The van der Waals surface area contributed by atoms with Gasteiger partial charge in [0.25, 0.3) is 0 Å². The maximum Gasteiger partial charge on any atom is 0.407 e. The summed E-state index contributed by atoms with van der Waals surface area (Å²) in [5.74, 6) is -2.09. The number of halogens is 1. The number of hydrogen-bond donors (Lipinski definition) is 5. The SMILES string of the molecule is CCCCOc1nc(N)c([N+](=O)[O-])c(N(CCCN)CC(=O)OCC)n1.CCCCOc1nc(N)c([N+](=O)[O-])c(N(CCCNC(=O)OC(C)(C)C)CC(=O)OCC)n1.OF. The molecule has 0 radical (unpaired) electrons. The zero-order chi connectivity index (χ0) is 46.5. The zero-order valence-electron chi connectivity index (χ0n) is 35.8. The molecule has 8 N–H and O–H groups in total. The van der Waals surface area contributed by atoms with Crippen LogP contribution >= 0.6 is 0 Å². The molecule has 0 unspecified atom stereocenters. The van der Waals surface area contributed by atoms with Crippen molar-refractivity contribution in [3.8, 4) is 12.0 Å². The molecule has 25 nitrogen and oxygen atoms in total. The molecule has 1 amide bonds. The summed E-state index contributed by atoms with van der Waals surface area (Å²) < 4.78 is 34.5. The van der Waals surface area contributed by atoms with Crippen molar-refractivity contribution in [1.82, 2.24) is 25.3 Å². The first kappa shape index (κ1) is 54.8. The number of nitro groups is 2. The maximum absolute atomic E-state index is 12.2. The highest BCUT2D eigenvalue weighted by Crippen LogP contribution is 2.34. The standard InChI is InChI=1S/C20H34N6O7.C15H26N6O5.FHO/c1-6-8-12-32-18-23-16(21)15(26(29)30)17(24-18)25(13-14(27)31-7-2)11-9-10-22-19(28)33-20(3,4)5;1-3-5-9-26-15-18-13(17)12(21(23)24)14(19-15)20(8-6-7-16)10-11(22)25-4-2;1-2/h6-13H2,1-5H3,(H,22,28)(H2,21,23,24);3-10,16H2,1-2H3,(H2,17,18,19);2H. The van der Waals surface area contributed by atoms with Crippen LogP contribution in [0.3, 0.4) is 0 Å². The van der Waals surface area contributed by atoms with Crippen molar-refractivity contribution in [2.75, 3.05) is 87.0 Å². The summed E-state index contributed by atoms with van der Waals surface area (Å²) in [5, 5.41) is 31.2. The van der Waals surface area contributed by atoms with Crippen LogP contribution in [0.15, 0.2) is 0 Å². The van der Waals surface area contributed by atoms with Gasteiger partial charge in [-0.1, -0.05) is 31.2 Å². The molecule has 0 aliphatic rings. The third kappa shape index (κ3) is 21.6. The summed E-state index contributed by atoms with van der Waals surface area (Å²) in [5.41, 5.74) is 15.4. The Morgan fingerprint density at radius 2 is 1.15 bits per heavy atom. The van der Waals surface area contributed by atoms with E-state index >= 15 is 0 Å². The zero-order valence-corrected chi connectivity index (χ0v) is 35.8. The van der Waals surface area contributed by atoms with Gasteiger partial charge in [0.2, 0.25) is 23.3 Å². The van der Waals surface area contributed by atoms with E-state index in [-0.39, 0.29) is 81.2 Å². The van der Waals surface area contributed by atoms with Crippen LogP contribution in [0.25, 0.3) is 0 Å². The minimum Gasteiger partial charge on any atom is -0.465 e. The number of nitrogens with two attached hydrogens (primary N) is 3. The van der Waals surface area contributed by atoms with Gasteiger partial charge in [-0.05, 0) is 66.8 Å². The molecule has 0 atom stereocenters. The summed E-state index contributed by atoms with van der Waals surface area (Å²) >= 11 is 0. The molecule has 26 heteroatoms. The number of ether oxygens (including phenoxy) is 5. The minimum atomic E-state index is -0.711. The molecule has 346 valence electrons. The predicted molar refractivity (Wildman–Crippen MR) is 221 cm³/mol. The van der Waals surface area contributed by atoms with Gasteiger partial charge in [-0.25, -0.2) is 10.1 Å². The van der Waals surface area contributed by atoms with Gasteiger partial charge < -0.3 is 56.0 Å². The monoisotopic (exact) mass is 876 g/mol. The quantitative estimate of drug-likeness (QED) is 0.0314. The number of carbonyl (C=O) groups is 3. The number of rotatable bonds is 25. The summed E-state index contributed by atoms with van der Waals surface area (Å²) in [7, 11) is 0. The second-order valence-corrected chi connectivity index (χ2v) is 13.4. The number of carbonyl (C=O) groups excluding carboxylic acids is 3. The summed E-state index contributed by atoms with van der Waals surface area (Å²) in [6, 6.07) is -0.194. The fourth-order valence-corrected chi connectivity index (χ4v) is 4.72. The van der Waals surface area contributed by atoms with E-state index in [9.17, 15) is 34.6 Å². The molecule has 0 saturated heterocycles. The van der Waals surface area contributed by atoms with E-state index in [0.29, 0.717) is 32.6 Å². The summed E-state index contributed by atoms with van der Waals surface area (Å²) in [6.45, 7) is 13.9. The molecule has 2 heterocycles. The van der Waals surface area contributed by atoms with E-state index in [1.807, 2.05) is 13.8 Å². The smallest absolute Gasteiger partial charge is 0.407 e. The van der Waals surface area contributed by atoms with Crippen molar-refractivity contribution in [1.29, 1.82) is 0 Å². The van der Waals surface area contributed by atoms with E-state index < -0.39 is 44.9 Å². The van der Waals surface area contributed by atoms with Crippen LogP contribution < -0.4 is 41.8 Å². The number of nitrogen functional groups attached to an aromatic ring is 2. The summed E-state index contributed by atoms with van der Waals surface area (Å²) in [6.07, 6.45) is 3.50. The first-order chi connectivity index (χ1) is 28.9. The van der Waals surface area contributed by atoms with Crippen LogP contribution in [0.1, 0.15) is 87.0 Å². The van der Waals surface area contributed by atoms with Crippen molar-refractivity contribution in [3.05, 3.63) is 20.2 Å². The molecule has 0 aromatic carbocycles. The highest BCUT2D eigenvalue weighted by Gasteiger charge is 2.31. The van der Waals surface area contributed by atoms with Gasteiger partial charge in [0, 0.05) is 19.6 Å². The molecule has 0 fully saturated rings. The third-order valence-corrected chi connectivity index (χ3v) is 7.32. The largest absolute Gasteiger partial charge is 0.465 e. The maximum atomic E-state index is 12.2. The first-order valence-corrected chi connectivity index (χ1v) is 19.5. The van der Waals surface area contributed by atoms with Crippen molar-refractivity contribution in [3.63, 3.8) is 0 Å². The Labute approximate surface area is 353 Å². The van der Waals surface area contributed by atoms with Crippen LogP contribution in [0.5, 0.6) is 12.0 Å². The molecule has 0 spiro atoms. The topological polar surface area (TPSA) is 352 Å². The number of aromatic nitrogens is 4. The average Bonchev–Trinajstić information content (AvgIpc) is 3.17. The van der Waals surface area contributed by atoms with Gasteiger partial charge in [0.15, 0.2) is 0 Å². The van der Waals surface area contributed by atoms with Gasteiger partial charge >= 0.3 is 41.4 Å². The Morgan fingerprint density at radius 3 is 1.49 bits per heavy atom. The van der Waals surface area contributed by atoms with E-state index in [0.717, 1.165) is 25.7 Å². The first-order valence-electron chi connectivity index (χ1n) is 19.5. The van der Waals surface area contributed by atoms with Crippen molar-refractivity contribution >= 4 is 52.7 Å². The Balaban J connectivity index is 0.00000116. The van der Waals surface area contributed by atoms with Crippen LogP contribution in [0.2, 0.25) is 0 Å². The lowest BCUT2D eigenvalue weighted by atomic mass is 10.2. The number of nitrogens with one attached hydrogen (secondary N) is 1. The number of nitrogens with zero attached hydrogens (tertiary/aromatic N) is 8. The second kappa shape index (κ2) is 29.9. The van der Waals surface area contributed by atoms with Gasteiger partial charge in [0.05, 0.1) is 36.3 Å². The van der Waals surface area contributed by atoms with Crippen LogP contribution in [0.4, 0.5) is 44.0 Å². The van der Waals surface area contributed by atoms with Crippen LogP contribution in [-0.2, 0) is 23.8 Å². The van der Waals surface area contributed by atoms with Gasteiger partial charge in [-0.2, -0.15) is 19.9 Å². The second-order valence-electron chi connectivity index (χ2n) is 13.4. The predicted octanol–water partition coefficient (Wildman–Crippen LogP) is 3.16. The molecule has 2 aromatic rings. The highest BCUT2D eigenvalue weighted by molar-refractivity contribution is 5.79. The Bertz CT molecular complexity index is 1670. The number of unbranched alkanes of at least 4 members (excludes halogenated alkanes) is 2. The molecule has 0 aliphatic heterocycles. The Morgan fingerprint density at radius 1 is 0.738 bits per heavy atom. The van der Waals surface area contributed by atoms with Gasteiger partial charge in [0.1, 0.15) is 18.7 Å². The molecule has 0 aliphatic carbocycles. The van der Waals surface area contributed by atoms with Crippen molar-refractivity contribution in [2.45, 2.75) is 92.6 Å². The molecule has 2 aromatic heterocycles.